The average Bonchev–Trinajstić information content (AvgIpc) is 2.79. The third-order valence-electron chi connectivity index (χ3n) is 5.77. The Hall–Kier alpha value is -2.48. The Balaban J connectivity index is 1.75. The second kappa shape index (κ2) is 13.0. The third kappa shape index (κ3) is 7.61. The molecule has 1 N–H and O–H groups in total. The van der Waals surface area contributed by atoms with Crippen LogP contribution in [0.3, 0.4) is 0 Å². The van der Waals surface area contributed by atoms with Crippen molar-refractivity contribution >= 4 is 17.4 Å². The number of Topliss-reactive ketones (excluding diaryl/α,β-unsaturated/α-hetero) is 1. The minimum absolute atomic E-state index is 0.00611. The maximum Gasteiger partial charge on any atom is 0.280 e. The summed E-state index contributed by atoms with van der Waals surface area (Å²) in [6.07, 6.45) is 8.51. The number of ether oxygens (including phenoxy) is 1. The van der Waals surface area contributed by atoms with Gasteiger partial charge >= 0.3 is 0 Å². The molecule has 0 radical (unpaired) electrons. The summed E-state index contributed by atoms with van der Waals surface area (Å²) in [5, 5.41) is 20.4. The van der Waals surface area contributed by atoms with Crippen molar-refractivity contribution in [2.45, 2.75) is 77.2 Å². The summed E-state index contributed by atoms with van der Waals surface area (Å²) >= 11 is 0. The van der Waals surface area contributed by atoms with Crippen molar-refractivity contribution in [2.24, 2.45) is 0 Å². The smallest absolute Gasteiger partial charge is 0.280 e. The van der Waals surface area contributed by atoms with Crippen LogP contribution in [0.15, 0.2) is 18.2 Å². The maximum absolute atomic E-state index is 12.6. The molecular weight excluding hydrogens is 400 g/mol. The van der Waals surface area contributed by atoms with E-state index in [0.29, 0.717) is 25.3 Å². The number of hydrogen-bond donors (Lipinski definition) is 1. The van der Waals surface area contributed by atoms with Crippen LogP contribution in [0.4, 0.5) is 5.69 Å². The predicted octanol–water partition coefficient (Wildman–Crippen LogP) is 4.28. The lowest BCUT2D eigenvalue weighted by atomic mass is 9.94. The van der Waals surface area contributed by atoms with Gasteiger partial charge in [-0.3, -0.25) is 19.7 Å². The quantitative estimate of drug-likeness (QED) is 0.215. The first-order chi connectivity index (χ1) is 15.0. The molecule has 1 amide bonds. The largest absolute Gasteiger partial charge is 0.494 e. The van der Waals surface area contributed by atoms with E-state index in [2.05, 4.69) is 0 Å². The van der Waals surface area contributed by atoms with E-state index in [1.54, 1.807) is 6.92 Å². The zero-order valence-electron chi connectivity index (χ0n) is 18.4. The van der Waals surface area contributed by atoms with Crippen LogP contribution in [-0.2, 0) is 4.79 Å². The van der Waals surface area contributed by atoms with Crippen molar-refractivity contribution in [3.05, 3.63) is 33.9 Å². The number of nitrogens with zero attached hydrogens (tertiary/aromatic N) is 2. The fourth-order valence-corrected chi connectivity index (χ4v) is 4.08. The number of amides is 1. The van der Waals surface area contributed by atoms with Crippen molar-refractivity contribution < 1.29 is 24.4 Å². The molecule has 2 rings (SSSR count). The Kier molecular flexibility index (Phi) is 10.4. The van der Waals surface area contributed by atoms with Crippen LogP contribution in [-0.4, -0.2) is 52.4 Å². The molecule has 31 heavy (non-hydrogen) atoms. The molecule has 1 aliphatic carbocycles. The normalized spacial score (nSPS) is 14.3. The Labute approximate surface area is 183 Å². The molecule has 1 fully saturated rings. The molecule has 1 aliphatic rings. The van der Waals surface area contributed by atoms with E-state index >= 15 is 0 Å². The summed E-state index contributed by atoms with van der Waals surface area (Å²) in [5.41, 5.74) is -0.134. The van der Waals surface area contributed by atoms with Crippen molar-refractivity contribution in [3.63, 3.8) is 0 Å². The van der Waals surface area contributed by atoms with Crippen LogP contribution in [0.5, 0.6) is 5.75 Å². The highest BCUT2D eigenvalue weighted by molar-refractivity contribution is 6.00. The minimum Gasteiger partial charge on any atom is -0.494 e. The number of ketones is 1. The molecule has 0 bridgehead atoms. The van der Waals surface area contributed by atoms with Crippen molar-refractivity contribution in [1.29, 1.82) is 0 Å². The fraction of sp³-hybridized carbons (Fsp3) is 0.652. The Morgan fingerprint density at radius 2 is 1.94 bits per heavy atom. The van der Waals surface area contributed by atoms with Gasteiger partial charge in [0.15, 0.2) is 5.78 Å². The van der Waals surface area contributed by atoms with Gasteiger partial charge in [0, 0.05) is 31.5 Å². The van der Waals surface area contributed by atoms with Crippen molar-refractivity contribution in [2.75, 3.05) is 19.8 Å². The number of carbonyl (C=O) groups excluding carboxylic acids is 2. The van der Waals surface area contributed by atoms with Crippen molar-refractivity contribution in [3.8, 4) is 5.75 Å². The van der Waals surface area contributed by atoms with Gasteiger partial charge in [-0.2, -0.15) is 0 Å². The first-order valence-electron chi connectivity index (χ1n) is 11.3. The lowest BCUT2D eigenvalue weighted by Gasteiger charge is -2.34. The molecule has 0 aliphatic heterocycles. The molecule has 1 saturated carbocycles. The first-order valence-corrected chi connectivity index (χ1v) is 11.3. The van der Waals surface area contributed by atoms with Gasteiger partial charge in [-0.25, -0.2) is 0 Å². The zero-order valence-corrected chi connectivity index (χ0v) is 18.4. The van der Waals surface area contributed by atoms with Gasteiger partial charge in [-0.05, 0) is 44.2 Å². The Bertz CT molecular complexity index is 746. The molecule has 1 aromatic carbocycles. The number of aliphatic hydroxyl groups is 1. The highest BCUT2D eigenvalue weighted by atomic mass is 16.6. The van der Waals surface area contributed by atoms with E-state index in [1.807, 2.05) is 4.90 Å². The average molecular weight is 435 g/mol. The molecule has 0 unspecified atom stereocenters. The van der Waals surface area contributed by atoms with Crippen LogP contribution < -0.4 is 4.74 Å². The van der Waals surface area contributed by atoms with Gasteiger partial charge < -0.3 is 14.7 Å². The lowest BCUT2D eigenvalue weighted by molar-refractivity contribution is -0.385. The second-order valence-electron chi connectivity index (χ2n) is 7.97. The van der Waals surface area contributed by atoms with E-state index in [9.17, 15) is 24.8 Å². The highest BCUT2D eigenvalue weighted by Crippen LogP contribution is 2.26. The molecular formula is C23H34N2O6. The van der Waals surface area contributed by atoms with Crippen LogP contribution in [0.25, 0.3) is 0 Å². The van der Waals surface area contributed by atoms with Crippen molar-refractivity contribution in [1.82, 2.24) is 4.90 Å². The molecule has 0 heterocycles. The monoisotopic (exact) mass is 434 g/mol. The molecule has 0 aromatic heterocycles. The molecule has 8 heteroatoms. The van der Waals surface area contributed by atoms with E-state index in [4.69, 9.17) is 4.74 Å². The van der Waals surface area contributed by atoms with E-state index < -0.39 is 4.92 Å². The fourth-order valence-electron chi connectivity index (χ4n) is 4.08. The number of aliphatic hydroxyl groups excluding tert-OH is 1. The third-order valence-corrected chi connectivity index (χ3v) is 5.77. The number of rotatable bonds is 13. The summed E-state index contributed by atoms with van der Waals surface area (Å²) in [7, 11) is 0. The van der Waals surface area contributed by atoms with Gasteiger partial charge in [0.25, 0.3) is 5.69 Å². The minimum atomic E-state index is -0.558. The molecule has 0 spiro atoms. The first kappa shape index (κ1) is 24.8. The topological polar surface area (TPSA) is 110 Å². The SMILES string of the molecule is CCC(=O)c1cc(OCCCCCC(=O)N(CCO)C2CCCCC2)ccc1[N+](=O)[O-]. The highest BCUT2D eigenvalue weighted by Gasteiger charge is 2.24. The lowest BCUT2D eigenvalue weighted by Crippen LogP contribution is -2.43. The standard InChI is InChI=1S/C23H34N2O6/c1-2-22(27)20-17-19(12-13-21(20)25(29)30)31-16-8-4-7-11-23(28)24(14-15-26)18-9-5-3-6-10-18/h12-13,17-18,26H,2-11,14-16H2,1H3. The summed E-state index contributed by atoms with van der Waals surface area (Å²) in [5.74, 6) is 0.255. The summed E-state index contributed by atoms with van der Waals surface area (Å²) < 4.78 is 5.66. The molecule has 0 saturated heterocycles. The molecule has 0 atom stereocenters. The summed E-state index contributed by atoms with van der Waals surface area (Å²) in [4.78, 5) is 37.0. The number of nitro benzene ring substituents is 1. The predicted molar refractivity (Wildman–Crippen MR) is 117 cm³/mol. The molecule has 1 aromatic rings. The van der Waals surface area contributed by atoms with E-state index in [0.717, 1.165) is 44.9 Å². The zero-order chi connectivity index (χ0) is 22.6. The van der Waals surface area contributed by atoms with Gasteiger partial charge in [0.1, 0.15) is 5.75 Å². The summed E-state index contributed by atoms with van der Waals surface area (Å²) in [6, 6.07) is 4.51. The van der Waals surface area contributed by atoms with Gasteiger partial charge in [-0.15, -0.1) is 0 Å². The Morgan fingerprint density at radius 1 is 1.19 bits per heavy atom. The van der Waals surface area contributed by atoms with E-state index in [-0.39, 0.29) is 42.0 Å². The number of benzene rings is 1. The molecule has 8 nitrogen and oxygen atoms in total. The Morgan fingerprint density at radius 3 is 2.58 bits per heavy atom. The van der Waals surface area contributed by atoms with Crippen LogP contribution in [0.1, 0.15) is 81.5 Å². The van der Waals surface area contributed by atoms with Gasteiger partial charge in [0.2, 0.25) is 5.91 Å². The number of nitro groups is 1. The summed E-state index contributed by atoms with van der Waals surface area (Å²) in [6.45, 7) is 2.48. The van der Waals surface area contributed by atoms with Crippen LogP contribution >= 0.6 is 0 Å². The van der Waals surface area contributed by atoms with Crippen LogP contribution in [0, 0.1) is 10.1 Å². The van der Waals surface area contributed by atoms with Gasteiger partial charge in [-0.1, -0.05) is 26.2 Å². The van der Waals surface area contributed by atoms with Crippen LogP contribution in [0.2, 0.25) is 0 Å². The molecule has 172 valence electrons. The number of hydrogen-bond acceptors (Lipinski definition) is 6. The number of unbranched alkanes of at least 4 members (excludes halogenated alkanes) is 2. The van der Waals surface area contributed by atoms with Gasteiger partial charge in [0.05, 0.1) is 23.7 Å². The number of carbonyl (C=O) groups is 2. The van der Waals surface area contributed by atoms with E-state index in [1.165, 1.54) is 24.6 Å². The second-order valence-corrected chi connectivity index (χ2v) is 7.97. The maximum atomic E-state index is 12.6.